The Hall–Kier alpha value is -6.84. The fourth-order valence-electron chi connectivity index (χ4n) is 7.06. The van der Waals surface area contributed by atoms with Crippen molar-refractivity contribution in [3.8, 4) is 27.9 Å². The molecule has 0 aliphatic heterocycles. The van der Waals surface area contributed by atoms with E-state index in [1.54, 1.807) is 6.07 Å². The van der Waals surface area contributed by atoms with E-state index in [4.69, 9.17) is 15.4 Å². The average molecular weight is 661 g/mol. The number of para-hydroxylation sites is 3. The van der Waals surface area contributed by atoms with Gasteiger partial charge in [0.15, 0.2) is 5.58 Å². The van der Waals surface area contributed by atoms with Crippen LogP contribution in [-0.2, 0) is 0 Å². The number of nitrogens with zero attached hydrogens (tertiary/aromatic N) is 2. The van der Waals surface area contributed by atoms with Gasteiger partial charge < -0.3 is 13.9 Å². The largest absolute Gasteiger partial charge is 0.454 e. The number of furan rings is 1. The summed E-state index contributed by atoms with van der Waals surface area (Å²) in [6, 6.07) is 45.3. The molecule has 0 aliphatic rings. The van der Waals surface area contributed by atoms with E-state index in [-0.39, 0.29) is 46.0 Å². The summed E-state index contributed by atoms with van der Waals surface area (Å²) < 4.78 is 78.0. The number of hydrogen-bond acceptors (Lipinski definition) is 2. The van der Waals surface area contributed by atoms with Crippen LogP contribution in [-0.4, -0.2) is 4.57 Å². The maximum atomic E-state index is 9.01. The van der Waals surface area contributed by atoms with E-state index in [0.717, 1.165) is 50.1 Å². The van der Waals surface area contributed by atoms with E-state index >= 15 is 0 Å². The third-order valence-corrected chi connectivity index (χ3v) is 9.46. The molecule has 240 valence electrons. The molecule has 0 saturated heterocycles. The van der Waals surface area contributed by atoms with Crippen LogP contribution in [0.4, 0.5) is 17.1 Å². The second-order valence-electron chi connectivity index (χ2n) is 12.4. The zero-order valence-corrected chi connectivity index (χ0v) is 27.2. The summed E-state index contributed by atoms with van der Waals surface area (Å²) in [6.45, 7) is 0. The van der Waals surface area contributed by atoms with Crippen LogP contribution in [0.2, 0.25) is 0 Å². The van der Waals surface area contributed by atoms with Crippen LogP contribution >= 0.6 is 0 Å². The minimum absolute atomic E-state index is 0.0145. The van der Waals surface area contributed by atoms with E-state index < -0.39 is 24.2 Å². The van der Waals surface area contributed by atoms with Crippen molar-refractivity contribution in [1.29, 1.82) is 0 Å². The Morgan fingerprint density at radius 1 is 0.431 bits per heavy atom. The van der Waals surface area contributed by atoms with E-state index in [9.17, 15) is 0 Å². The van der Waals surface area contributed by atoms with Crippen molar-refractivity contribution in [3.05, 3.63) is 194 Å². The molecule has 0 atom stereocenters. The molecular weight excluding hydrogens is 621 g/mol. The highest BCUT2D eigenvalue weighted by molar-refractivity contribution is 6.13. The van der Waals surface area contributed by atoms with Gasteiger partial charge in [0.25, 0.3) is 0 Å². The Morgan fingerprint density at radius 2 is 0.941 bits per heavy atom. The fraction of sp³-hybridized carbons (Fsp3) is 0. The molecule has 3 heteroatoms. The van der Waals surface area contributed by atoms with Gasteiger partial charge in [0.2, 0.25) is 0 Å². The summed E-state index contributed by atoms with van der Waals surface area (Å²) in [5.41, 5.74) is 8.51. The van der Waals surface area contributed by atoms with E-state index in [1.165, 1.54) is 4.57 Å². The number of benzene rings is 8. The van der Waals surface area contributed by atoms with Gasteiger partial charge in [0, 0.05) is 44.7 Å². The second kappa shape index (κ2) is 11.9. The van der Waals surface area contributed by atoms with Gasteiger partial charge in [-0.1, -0.05) is 133 Å². The van der Waals surface area contributed by atoms with Gasteiger partial charge in [-0.15, -0.1) is 0 Å². The maximum Gasteiger partial charge on any atom is 0.159 e. The second-order valence-corrected chi connectivity index (χ2v) is 12.4. The van der Waals surface area contributed by atoms with Crippen LogP contribution in [0.3, 0.4) is 0 Å². The first-order valence-corrected chi connectivity index (χ1v) is 16.7. The molecule has 0 radical (unpaired) electrons. The lowest BCUT2D eigenvalue weighted by atomic mass is 10.0. The SMILES string of the molecule is [2H]c1c([2H])c([2H])c2c(c1[2H])c1c([2H])c([2H])c([2H])c([2H])c1n2-c1cccc2c1oc1cc(N(c3ccc(-c4ccccc4)cc3)c3ccc(-c4ccccc4)cc3)ccc12. The van der Waals surface area contributed by atoms with Crippen molar-refractivity contribution in [3.63, 3.8) is 0 Å². The van der Waals surface area contributed by atoms with Gasteiger partial charge in [-0.3, -0.25) is 0 Å². The number of rotatable bonds is 6. The van der Waals surface area contributed by atoms with Crippen molar-refractivity contribution in [2.75, 3.05) is 4.90 Å². The fourth-order valence-corrected chi connectivity index (χ4v) is 7.06. The molecule has 2 aromatic heterocycles. The average Bonchev–Trinajstić information content (AvgIpc) is 3.84. The molecule has 10 aromatic rings. The Kier molecular flexibility index (Phi) is 5.15. The first-order chi connectivity index (χ1) is 28.6. The summed E-state index contributed by atoms with van der Waals surface area (Å²) in [5.74, 6) is 0. The summed E-state index contributed by atoms with van der Waals surface area (Å²) in [4.78, 5) is 2.16. The topological polar surface area (TPSA) is 21.3 Å². The molecule has 0 fully saturated rings. The van der Waals surface area contributed by atoms with Crippen LogP contribution in [0, 0.1) is 0 Å². The highest BCUT2D eigenvalue weighted by Crippen LogP contribution is 2.42. The minimum atomic E-state index is -0.489. The van der Waals surface area contributed by atoms with Crippen LogP contribution < -0.4 is 4.90 Å². The number of anilines is 3. The third kappa shape index (κ3) is 4.90. The molecule has 0 aliphatic carbocycles. The maximum absolute atomic E-state index is 9.01. The summed E-state index contributed by atoms with van der Waals surface area (Å²) >= 11 is 0. The van der Waals surface area contributed by atoms with Crippen LogP contribution in [0.15, 0.2) is 198 Å². The Labute approximate surface area is 307 Å². The number of aromatic nitrogens is 1. The third-order valence-electron chi connectivity index (χ3n) is 9.46. The van der Waals surface area contributed by atoms with Gasteiger partial charge >= 0.3 is 0 Å². The van der Waals surface area contributed by atoms with Gasteiger partial charge in [-0.25, -0.2) is 0 Å². The molecule has 0 amide bonds. The predicted octanol–water partition coefficient (Wildman–Crippen LogP) is 13.5. The van der Waals surface area contributed by atoms with Crippen molar-refractivity contribution in [2.45, 2.75) is 0 Å². The Bertz CT molecular complexity index is 3130. The zero-order valence-electron chi connectivity index (χ0n) is 35.2. The quantitative estimate of drug-likeness (QED) is 0.177. The highest BCUT2D eigenvalue weighted by atomic mass is 16.3. The smallest absolute Gasteiger partial charge is 0.159 e. The summed E-state index contributed by atoms with van der Waals surface area (Å²) in [5, 5.41) is 1.56. The highest BCUT2D eigenvalue weighted by Gasteiger charge is 2.19. The molecule has 0 bridgehead atoms. The monoisotopic (exact) mass is 660 g/mol. The Morgan fingerprint density at radius 3 is 1.51 bits per heavy atom. The van der Waals surface area contributed by atoms with Gasteiger partial charge in [-0.2, -0.15) is 0 Å². The first-order valence-electron chi connectivity index (χ1n) is 20.7. The van der Waals surface area contributed by atoms with E-state index in [2.05, 4.69) is 77.7 Å². The van der Waals surface area contributed by atoms with Crippen LogP contribution in [0.5, 0.6) is 0 Å². The lowest BCUT2D eigenvalue weighted by Gasteiger charge is -2.26. The minimum Gasteiger partial charge on any atom is -0.454 e. The molecule has 3 nitrogen and oxygen atoms in total. The van der Waals surface area contributed by atoms with Gasteiger partial charge in [0.05, 0.1) is 27.7 Å². The van der Waals surface area contributed by atoms with E-state index in [1.807, 2.05) is 66.7 Å². The first kappa shape index (κ1) is 22.0. The molecule has 51 heavy (non-hydrogen) atoms. The molecule has 2 heterocycles. The molecule has 0 spiro atoms. The van der Waals surface area contributed by atoms with Gasteiger partial charge in [0.1, 0.15) is 5.58 Å². The lowest BCUT2D eigenvalue weighted by molar-refractivity contribution is 0.666. The standard InChI is InChI=1S/C48H32N2O/c1-3-12-33(13-4-1)35-22-26-37(27-23-35)49(38-28-24-36(25-29-38)34-14-5-2-6-15-34)39-30-31-42-43-18-11-21-46(48(43)51-47(42)32-39)50-44-19-9-7-16-40(44)41-17-8-10-20-45(41)50/h1-32H/i7D,8D,9D,10D,16D,17D,19D,20D. The molecule has 0 unspecified atom stereocenters. The molecule has 0 N–H and O–H groups in total. The molecule has 10 rings (SSSR count). The number of fused-ring (bicyclic) bond motifs is 6. The van der Waals surface area contributed by atoms with Gasteiger partial charge in [-0.05, 0) is 76.8 Å². The van der Waals surface area contributed by atoms with E-state index in [0.29, 0.717) is 16.9 Å². The Balaban J connectivity index is 1.18. The predicted molar refractivity (Wildman–Crippen MR) is 214 cm³/mol. The lowest BCUT2D eigenvalue weighted by Crippen LogP contribution is -2.09. The molecule has 0 saturated carbocycles. The van der Waals surface area contributed by atoms with Crippen LogP contribution in [0.25, 0.3) is 71.7 Å². The molecule has 8 aromatic carbocycles. The molecular formula is C48H32N2O. The van der Waals surface area contributed by atoms with Crippen LogP contribution in [0.1, 0.15) is 11.0 Å². The van der Waals surface area contributed by atoms with Crippen molar-refractivity contribution in [1.82, 2.24) is 4.57 Å². The normalized spacial score (nSPS) is 13.7. The summed E-state index contributed by atoms with van der Waals surface area (Å²) in [7, 11) is 0. The zero-order chi connectivity index (χ0) is 40.7. The number of hydrogen-bond donors (Lipinski definition) is 0. The van der Waals surface area contributed by atoms with Crippen molar-refractivity contribution in [2.24, 2.45) is 0 Å². The van der Waals surface area contributed by atoms with Crippen molar-refractivity contribution >= 4 is 60.8 Å². The summed E-state index contributed by atoms with van der Waals surface area (Å²) in [6.07, 6.45) is 0. The van der Waals surface area contributed by atoms with Crippen molar-refractivity contribution < 1.29 is 15.4 Å².